The van der Waals surface area contributed by atoms with Gasteiger partial charge in [-0.1, -0.05) is 11.6 Å². The Kier molecular flexibility index (Phi) is 7.94. The standard InChI is InChI=1S/C17H21ClN2O5/c1-5-20(6-2)16(22)11-7-8-12(18)13(9-11)19-14(17(23)25-4)10-15(21)24-3/h7-10,19H,5-6H2,1-4H3/b14-10+. The monoisotopic (exact) mass is 368 g/mol. The zero-order chi connectivity index (χ0) is 19.0. The minimum atomic E-state index is -0.776. The number of hydrogen-bond donors (Lipinski definition) is 1. The van der Waals surface area contributed by atoms with Gasteiger partial charge < -0.3 is 19.7 Å². The van der Waals surface area contributed by atoms with Crippen molar-refractivity contribution in [2.24, 2.45) is 0 Å². The number of methoxy groups -OCH3 is 2. The van der Waals surface area contributed by atoms with Crippen molar-refractivity contribution >= 4 is 35.1 Å². The molecule has 0 spiro atoms. The number of rotatable bonds is 7. The van der Waals surface area contributed by atoms with Gasteiger partial charge >= 0.3 is 11.9 Å². The summed E-state index contributed by atoms with van der Waals surface area (Å²) in [5, 5.41) is 2.99. The van der Waals surface area contributed by atoms with Crippen molar-refractivity contribution in [3.8, 4) is 0 Å². The van der Waals surface area contributed by atoms with Crippen LogP contribution >= 0.6 is 11.6 Å². The summed E-state index contributed by atoms with van der Waals surface area (Å²) in [6, 6.07) is 4.64. The van der Waals surface area contributed by atoms with Crippen LogP contribution in [0.4, 0.5) is 5.69 Å². The van der Waals surface area contributed by atoms with E-state index in [4.69, 9.17) is 11.6 Å². The van der Waals surface area contributed by atoms with Gasteiger partial charge in [-0.2, -0.15) is 0 Å². The maximum Gasteiger partial charge on any atom is 0.354 e. The zero-order valence-corrected chi connectivity index (χ0v) is 15.3. The van der Waals surface area contributed by atoms with Gasteiger partial charge in [0.05, 0.1) is 31.0 Å². The third kappa shape index (κ3) is 5.49. The third-order valence-electron chi connectivity index (χ3n) is 3.40. The molecule has 25 heavy (non-hydrogen) atoms. The number of esters is 2. The SMILES string of the molecule is CCN(CC)C(=O)c1ccc(Cl)c(N/C(=C/C(=O)OC)C(=O)OC)c1. The highest BCUT2D eigenvalue weighted by Gasteiger charge is 2.17. The topological polar surface area (TPSA) is 84.9 Å². The third-order valence-corrected chi connectivity index (χ3v) is 3.73. The smallest absolute Gasteiger partial charge is 0.354 e. The Morgan fingerprint density at radius 2 is 1.80 bits per heavy atom. The molecule has 0 fully saturated rings. The first-order valence-corrected chi connectivity index (χ1v) is 7.99. The Morgan fingerprint density at radius 1 is 1.16 bits per heavy atom. The van der Waals surface area contributed by atoms with Crippen molar-refractivity contribution in [1.82, 2.24) is 4.90 Å². The Morgan fingerprint density at radius 3 is 2.32 bits per heavy atom. The van der Waals surface area contributed by atoms with Crippen molar-refractivity contribution in [2.45, 2.75) is 13.8 Å². The number of halogens is 1. The van der Waals surface area contributed by atoms with Gasteiger partial charge in [0.1, 0.15) is 5.70 Å². The fourth-order valence-electron chi connectivity index (χ4n) is 2.03. The first kappa shape index (κ1) is 20.5. The van der Waals surface area contributed by atoms with E-state index in [0.717, 1.165) is 6.08 Å². The highest BCUT2D eigenvalue weighted by atomic mass is 35.5. The van der Waals surface area contributed by atoms with Crippen LogP contribution in [-0.2, 0) is 19.1 Å². The molecule has 0 unspecified atom stereocenters. The van der Waals surface area contributed by atoms with Crippen LogP contribution in [0.25, 0.3) is 0 Å². The number of ether oxygens (including phenoxy) is 2. The van der Waals surface area contributed by atoms with Gasteiger partial charge in [0, 0.05) is 18.7 Å². The molecule has 0 atom stereocenters. The summed E-state index contributed by atoms with van der Waals surface area (Å²) in [6.45, 7) is 4.89. The molecule has 0 saturated carbocycles. The molecule has 0 aliphatic carbocycles. The molecule has 136 valence electrons. The van der Waals surface area contributed by atoms with Gasteiger partial charge in [0.2, 0.25) is 0 Å². The van der Waals surface area contributed by atoms with E-state index >= 15 is 0 Å². The molecule has 7 nitrogen and oxygen atoms in total. The quantitative estimate of drug-likeness (QED) is 0.588. The molecule has 1 N–H and O–H groups in total. The van der Waals surface area contributed by atoms with Gasteiger partial charge in [-0.05, 0) is 32.0 Å². The summed E-state index contributed by atoms with van der Waals surface area (Å²) in [5.41, 5.74) is 0.529. The van der Waals surface area contributed by atoms with E-state index in [1.807, 2.05) is 13.8 Å². The largest absolute Gasteiger partial charge is 0.466 e. The number of nitrogens with zero attached hydrogens (tertiary/aromatic N) is 1. The van der Waals surface area contributed by atoms with Gasteiger partial charge in [-0.15, -0.1) is 0 Å². The molecule has 0 radical (unpaired) electrons. The average molecular weight is 369 g/mol. The van der Waals surface area contributed by atoms with E-state index in [0.29, 0.717) is 24.3 Å². The number of benzene rings is 1. The number of hydrogen-bond acceptors (Lipinski definition) is 6. The van der Waals surface area contributed by atoms with Crippen LogP contribution in [0.5, 0.6) is 0 Å². The number of carbonyl (C=O) groups excluding carboxylic acids is 3. The molecule has 1 rings (SSSR count). The Bertz CT molecular complexity index is 684. The highest BCUT2D eigenvalue weighted by Crippen LogP contribution is 2.25. The molecular weight excluding hydrogens is 348 g/mol. The summed E-state index contributed by atoms with van der Waals surface area (Å²) >= 11 is 6.13. The first-order chi connectivity index (χ1) is 11.9. The normalized spacial score (nSPS) is 10.8. The minimum absolute atomic E-state index is 0.163. The van der Waals surface area contributed by atoms with Gasteiger partial charge in [-0.3, -0.25) is 4.79 Å². The Labute approximate surface area is 151 Å². The second-order valence-corrected chi connectivity index (χ2v) is 5.28. The lowest BCUT2D eigenvalue weighted by atomic mass is 10.1. The van der Waals surface area contributed by atoms with Crippen molar-refractivity contribution in [1.29, 1.82) is 0 Å². The van der Waals surface area contributed by atoms with Crippen molar-refractivity contribution in [3.05, 3.63) is 40.6 Å². The van der Waals surface area contributed by atoms with Crippen LogP contribution in [0.2, 0.25) is 5.02 Å². The molecule has 8 heteroatoms. The summed E-state index contributed by atoms with van der Waals surface area (Å²) < 4.78 is 9.13. The first-order valence-electron chi connectivity index (χ1n) is 7.61. The molecule has 0 aliphatic rings. The lowest BCUT2D eigenvalue weighted by Gasteiger charge is -2.19. The van der Waals surface area contributed by atoms with E-state index in [2.05, 4.69) is 14.8 Å². The fourth-order valence-corrected chi connectivity index (χ4v) is 2.19. The summed E-state index contributed by atoms with van der Waals surface area (Å²) in [6.07, 6.45) is 0.945. The molecule has 0 aromatic heterocycles. The van der Waals surface area contributed by atoms with E-state index in [-0.39, 0.29) is 16.6 Å². The predicted octanol–water partition coefficient (Wildman–Crippen LogP) is 2.46. The maximum absolute atomic E-state index is 12.4. The summed E-state index contributed by atoms with van der Waals surface area (Å²) in [4.78, 5) is 37.3. The molecule has 1 amide bonds. The van der Waals surface area contributed by atoms with Crippen molar-refractivity contribution in [3.63, 3.8) is 0 Å². The lowest BCUT2D eigenvalue weighted by Crippen LogP contribution is -2.30. The average Bonchev–Trinajstić information content (AvgIpc) is 2.62. The van der Waals surface area contributed by atoms with E-state index in [1.54, 1.807) is 11.0 Å². The number of carbonyl (C=O) groups is 3. The van der Waals surface area contributed by atoms with Crippen LogP contribution in [0, 0.1) is 0 Å². The van der Waals surface area contributed by atoms with E-state index in [9.17, 15) is 14.4 Å². The molecule has 1 aromatic carbocycles. The zero-order valence-electron chi connectivity index (χ0n) is 14.6. The summed E-state index contributed by atoms with van der Waals surface area (Å²) in [7, 11) is 2.36. The molecule has 0 saturated heterocycles. The Hall–Kier alpha value is -2.54. The molecule has 0 aliphatic heterocycles. The van der Waals surface area contributed by atoms with E-state index in [1.165, 1.54) is 26.4 Å². The lowest BCUT2D eigenvalue weighted by molar-refractivity contribution is -0.138. The molecule has 1 aromatic rings. The number of nitrogens with one attached hydrogen (secondary N) is 1. The second kappa shape index (κ2) is 9.68. The van der Waals surface area contributed by atoms with Crippen LogP contribution in [-0.4, -0.2) is 50.1 Å². The molecular formula is C17H21ClN2O5. The van der Waals surface area contributed by atoms with Gasteiger partial charge in [0.25, 0.3) is 5.91 Å². The maximum atomic E-state index is 12.4. The molecule has 0 heterocycles. The van der Waals surface area contributed by atoms with Crippen LogP contribution in [0.3, 0.4) is 0 Å². The number of amides is 1. The highest BCUT2D eigenvalue weighted by molar-refractivity contribution is 6.33. The molecule has 0 bridgehead atoms. The fraction of sp³-hybridized carbons (Fsp3) is 0.353. The predicted molar refractivity (Wildman–Crippen MR) is 94.4 cm³/mol. The van der Waals surface area contributed by atoms with Crippen LogP contribution in [0.15, 0.2) is 30.0 Å². The van der Waals surface area contributed by atoms with Crippen LogP contribution < -0.4 is 5.32 Å². The van der Waals surface area contributed by atoms with Crippen molar-refractivity contribution < 1.29 is 23.9 Å². The van der Waals surface area contributed by atoms with Gasteiger partial charge in [-0.25, -0.2) is 9.59 Å². The van der Waals surface area contributed by atoms with Crippen LogP contribution in [0.1, 0.15) is 24.2 Å². The van der Waals surface area contributed by atoms with Gasteiger partial charge in [0.15, 0.2) is 0 Å². The summed E-state index contributed by atoms with van der Waals surface area (Å²) in [5.74, 6) is -1.68. The number of anilines is 1. The van der Waals surface area contributed by atoms with Crippen molar-refractivity contribution in [2.75, 3.05) is 32.6 Å². The minimum Gasteiger partial charge on any atom is -0.466 e. The second-order valence-electron chi connectivity index (χ2n) is 4.87. The Balaban J connectivity index is 3.21. The van der Waals surface area contributed by atoms with E-state index < -0.39 is 11.9 Å².